The van der Waals surface area contributed by atoms with E-state index >= 15 is 0 Å². The molecule has 0 N–H and O–H groups in total. The van der Waals surface area contributed by atoms with Gasteiger partial charge in [0.05, 0.1) is 11.0 Å². The Morgan fingerprint density at radius 2 is 1.79 bits per heavy atom. The third-order valence-corrected chi connectivity index (χ3v) is 8.08. The number of alkyl halides is 3. The van der Waals surface area contributed by atoms with E-state index in [-0.39, 0.29) is 11.3 Å². The van der Waals surface area contributed by atoms with E-state index in [2.05, 4.69) is 9.88 Å². The molecule has 34 heavy (non-hydrogen) atoms. The predicted octanol–water partition coefficient (Wildman–Crippen LogP) is 3.67. The first-order chi connectivity index (χ1) is 16.3. The molecule has 1 aromatic heterocycles. The number of likely N-dealkylation sites (tertiary alicyclic amines) is 1. The van der Waals surface area contributed by atoms with Crippen LogP contribution in [0.1, 0.15) is 44.1 Å². The van der Waals surface area contributed by atoms with Crippen molar-refractivity contribution in [3.63, 3.8) is 0 Å². The highest BCUT2D eigenvalue weighted by molar-refractivity contribution is 5.84. The van der Waals surface area contributed by atoms with E-state index in [4.69, 9.17) is 4.74 Å². The van der Waals surface area contributed by atoms with Gasteiger partial charge < -0.3 is 19.4 Å². The third-order valence-electron chi connectivity index (χ3n) is 8.08. The van der Waals surface area contributed by atoms with E-state index in [1.54, 1.807) is 0 Å². The lowest BCUT2D eigenvalue weighted by molar-refractivity contribution is -0.142. The fourth-order valence-electron chi connectivity index (χ4n) is 5.95. The Morgan fingerprint density at radius 1 is 1.06 bits per heavy atom. The van der Waals surface area contributed by atoms with E-state index in [1.807, 2.05) is 9.80 Å². The molecule has 1 unspecified atom stereocenters. The topological polar surface area (TPSA) is 48.9 Å². The van der Waals surface area contributed by atoms with Crippen LogP contribution in [0.5, 0.6) is 0 Å². The average Bonchev–Trinajstić information content (AvgIpc) is 3.57. The van der Waals surface area contributed by atoms with Crippen molar-refractivity contribution in [2.75, 3.05) is 63.9 Å². The molecule has 188 valence electrons. The Labute approximate surface area is 199 Å². The molecule has 0 radical (unpaired) electrons. The number of rotatable bonds is 6. The van der Waals surface area contributed by atoms with E-state index in [0.717, 1.165) is 70.7 Å². The van der Waals surface area contributed by atoms with Gasteiger partial charge in [-0.2, -0.15) is 13.2 Å². The van der Waals surface area contributed by atoms with Gasteiger partial charge in [0.2, 0.25) is 5.91 Å². The Morgan fingerprint density at radius 3 is 2.47 bits per heavy atom. The van der Waals surface area contributed by atoms with Gasteiger partial charge in [0.25, 0.3) is 0 Å². The van der Waals surface area contributed by atoms with Crippen molar-refractivity contribution >= 4 is 11.7 Å². The second-order valence-corrected chi connectivity index (χ2v) is 10.6. The van der Waals surface area contributed by atoms with Gasteiger partial charge in [-0.15, -0.1) is 0 Å². The molecule has 0 spiro atoms. The lowest BCUT2D eigenvalue weighted by Gasteiger charge is -2.40. The lowest BCUT2D eigenvalue weighted by Crippen LogP contribution is -2.54. The van der Waals surface area contributed by atoms with Gasteiger partial charge in [-0.3, -0.25) is 4.79 Å². The van der Waals surface area contributed by atoms with Gasteiger partial charge in [0.15, 0.2) is 0 Å². The van der Waals surface area contributed by atoms with Crippen molar-refractivity contribution in [1.29, 1.82) is 0 Å². The van der Waals surface area contributed by atoms with Crippen molar-refractivity contribution in [1.82, 2.24) is 14.8 Å². The molecule has 3 saturated heterocycles. The average molecular weight is 481 g/mol. The van der Waals surface area contributed by atoms with Gasteiger partial charge in [-0.1, -0.05) is 12.8 Å². The zero-order valence-electron chi connectivity index (χ0n) is 19.7. The maximum absolute atomic E-state index is 13.8. The molecule has 4 fully saturated rings. The summed E-state index contributed by atoms with van der Waals surface area (Å²) in [6, 6.07) is 2.11. The number of nitrogens with zero attached hydrogens (tertiary/aromatic N) is 4. The predicted molar refractivity (Wildman–Crippen MR) is 122 cm³/mol. The number of carbonyl (C=O) groups excluding carboxylic acids is 1. The number of carbonyl (C=O) groups is 1. The first kappa shape index (κ1) is 23.9. The monoisotopic (exact) mass is 480 g/mol. The van der Waals surface area contributed by atoms with E-state index in [1.165, 1.54) is 19.0 Å². The smallest absolute Gasteiger partial charge is 0.381 e. The van der Waals surface area contributed by atoms with Crippen LogP contribution in [0.4, 0.5) is 19.0 Å². The Hall–Kier alpha value is -1.87. The Bertz CT molecular complexity index is 864. The van der Waals surface area contributed by atoms with Crippen LogP contribution < -0.4 is 4.90 Å². The summed E-state index contributed by atoms with van der Waals surface area (Å²) in [6.45, 7) is 6.63. The first-order valence-corrected chi connectivity index (χ1v) is 12.7. The standard InChI is InChI=1S/C25H35F3N4O2/c26-25(27,28)21-3-7-29-22(15-21)31-9-11-32(12-10-31)23(33)24(16-19-1-2-19)6-8-30(18-24)17-20-4-13-34-14-5-20/h3,7,15,19-20H,1-2,4-6,8-14,16-18H2. The van der Waals surface area contributed by atoms with Crippen molar-refractivity contribution < 1.29 is 22.7 Å². The highest BCUT2D eigenvalue weighted by atomic mass is 19.4. The van der Waals surface area contributed by atoms with E-state index in [9.17, 15) is 18.0 Å². The maximum Gasteiger partial charge on any atom is 0.416 e. The molecule has 4 aliphatic rings. The van der Waals surface area contributed by atoms with Crippen LogP contribution >= 0.6 is 0 Å². The molecule has 1 saturated carbocycles. The highest BCUT2D eigenvalue weighted by Gasteiger charge is 2.49. The van der Waals surface area contributed by atoms with Crippen LogP contribution in [0.3, 0.4) is 0 Å². The zero-order valence-corrected chi connectivity index (χ0v) is 19.7. The van der Waals surface area contributed by atoms with Crippen molar-refractivity contribution in [3.8, 4) is 0 Å². The largest absolute Gasteiger partial charge is 0.416 e. The summed E-state index contributed by atoms with van der Waals surface area (Å²) in [4.78, 5) is 24.3. The van der Waals surface area contributed by atoms with Gasteiger partial charge in [0.1, 0.15) is 5.82 Å². The first-order valence-electron chi connectivity index (χ1n) is 12.7. The summed E-state index contributed by atoms with van der Waals surface area (Å²) in [5.41, 5.74) is -0.988. The number of amides is 1. The molecule has 4 heterocycles. The summed E-state index contributed by atoms with van der Waals surface area (Å²) in [5, 5.41) is 0. The molecular weight excluding hydrogens is 445 g/mol. The molecular formula is C25H35F3N4O2. The Kier molecular flexibility index (Phi) is 6.77. The third kappa shape index (κ3) is 5.35. The van der Waals surface area contributed by atoms with Crippen LogP contribution in [0.15, 0.2) is 18.3 Å². The summed E-state index contributed by atoms with van der Waals surface area (Å²) >= 11 is 0. The number of piperazine rings is 1. The van der Waals surface area contributed by atoms with Crippen molar-refractivity contribution in [3.05, 3.63) is 23.9 Å². The lowest BCUT2D eigenvalue weighted by atomic mass is 9.80. The minimum absolute atomic E-state index is 0.255. The fourth-order valence-corrected chi connectivity index (χ4v) is 5.95. The minimum atomic E-state index is -4.39. The van der Waals surface area contributed by atoms with Crippen LogP contribution in [0, 0.1) is 17.3 Å². The number of pyridine rings is 1. The van der Waals surface area contributed by atoms with Gasteiger partial charge in [-0.05, 0) is 56.2 Å². The molecule has 1 aliphatic carbocycles. The highest BCUT2D eigenvalue weighted by Crippen LogP contribution is 2.46. The molecule has 6 nitrogen and oxygen atoms in total. The molecule has 0 bridgehead atoms. The number of hydrogen-bond acceptors (Lipinski definition) is 5. The summed E-state index contributed by atoms with van der Waals surface area (Å²) in [6.07, 6.45) is 3.38. The number of halogens is 3. The number of anilines is 1. The van der Waals surface area contributed by atoms with Crippen LogP contribution in [-0.2, 0) is 15.7 Å². The number of aromatic nitrogens is 1. The molecule has 0 aromatic carbocycles. The van der Waals surface area contributed by atoms with Crippen molar-refractivity contribution in [2.45, 2.75) is 44.7 Å². The van der Waals surface area contributed by atoms with Gasteiger partial charge in [-0.25, -0.2) is 4.98 Å². The zero-order chi connectivity index (χ0) is 23.8. The maximum atomic E-state index is 13.8. The van der Waals surface area contributed by atoms with Gasteiger partial charge in [0, 0.05) is 58.7 Å². The second-order valence-electron chi connectivity index (χ2n) is 10.6. The van der Waals surface area contributed by atoms with E-state index in [0.29, 0.717) is 43.8 Å². The SMILES string of the molecule is O=C(N1CCN(c2cc(C(F)(F)F)ccn2)CC1)C1(CC2CC2)CCN(CC2CCOCC2)C1. The summed E-state index contributed by atoms with van der Waals surface area (Å²) < 4.78 is 44.8. The quantitative estimate of drug-likeness (QED) is 0.622. The minimum Gasteiger partial charge on any atom is -0.381 e. The molecule has 1 aromatic rings. The molecule has 5 rings (SSSR count). The molecule has 3 aliphatic heterocycles. The fraction of sp³-hybridized carbons (Fsp3) is 0.760. The molecule has 1 atom stereocenters. The number of hydrogen-bond donors (Lipinski definition) is 0. The normalized spacial score (nSPS) is 27.4. The second kappa shape index (κ2) is 9.64. The molecule has 9 heteroatoms. The van der Waals surface area contributed by atoms with Crippen molar-refractivity contribution in [2.24, 2.45) is 17.3 Å². The summed E-state index contributed by atoms with van der Waals surface area (Å²) in [5.74, 6) is 1.91. The van der Waals surface area contributed by atoms with Gasteiger partial charge >= 0.3 is 6.18 Å². The van der Waals surface area contributed by atoms with E-state index < -0.39 is 11.7 Å². The Balaban J connectivity index is 1.21. The number of ether oxygens (including phenoxy) is 1. The summed E-state index contributed by atoms with van der Waals surface area (Å²) in [7, 11) is 0. The van der Waals surface area contributed by atoms with Crippen LogP contribution in [-0.4, -0.2) is 79.7 Å². The van der Waals surface area contributed by atoms with Crippen LogP contribution in [0.2, 0.25) is 0 Å². The molecule has 1 amide bonds. The van der Waals surface area contributed by atoms with Crippen LogP contribution in [0.25, 0.3) is 0 Å².